The van der Waals surface area contributed by atoms with Crippen LogP contribution in [0, 0.1) is 5.92 Å². The Morgan fingerprint density at radius 2 is 2.00 bits per heavy atom. The highest BCUT2D eigenvalue weighted by atomic mass is 16.5. The van der Waals surface area contributed by atoms with Crippen molar-refractivity contribution >= 4 is 23.0 Å². The van der Waals surface area contributed by atoms with Gasteiger partial charge in [0.05, 0.1) is 23.8 Å². The van der Waals surface area contributed by atoms with Crippen LogP contribution in [-0.2, 0) is 11.3 Å². The molecule has 144 valence electrons. The van der Waals surface area contributed by atoms with Crippen molar-refractivity contribution in [2.45, 2.75) is 12.6 Å². The van der Waals surface area contributed by atoms with Gasteiger partial charge in [-0.2, -0.15) is 0 Å². The van der Waals surface area contributed by atoms with Crippen LogP contribution in [0.3, 0.4) is 0 Å². The third kappa shape index (κ3) is 3.57. The molecule has 0 spiro atoms. The number of pyridine rings is 1. The third-order valence-corrected chi connectivity index (χ3v) is 4.94. The molecule has 2 atom stereocenters. The summed E-state index contributed by atoms with van der Waals surface area (Å²) in [5.41, 5.74) is 4.84. The van der Waals surface area contributed by atoms with Gasteiger partial charge in [0.2, 0.25) is 5.91 Å². The van der Waals surface area contributed by atoms with E-state index in [1.807, 2.05) is 28.8 Å². The average molecular weight is 380 g/mol. The highest BCUT2D eigenvalue weighted by molar-refractivity contribution is 5.95. The summed E-state index contributed by atoms with van der Waals surface area (Å²) in [6.07, 6.45) is 3.46. The van der Waals surface area contributed by atoms with Gasteiger partial charge >= 0.3 is 0 Å². The van der Waals surface area contributed by atoms with E-state index in [0.717, 1.165) is 11.1 Å². The standard InChI is InChI=1S/C19H20N6O3/c26-18(23-15-9-20-8-14(15)19(27)24-28)13-5-3-12(4-6-13)10-25-11-22-17-16(25)2-1-7-21-17/h1-7,11,14-15,20,28H,8-10H2,(H,23,26)(H,24,27)/t14-,15+/m0/s1. The number of amides is 2. The summed E-state index contributed by atoms with van der Waals surface area (Å²) in [5.74, 6) is -1.27. The Labute approximate surface area is 160 Å². The van der Waals surface area contributed by atoms with Gasteiger partial charge in [0.25, 0.3) is 5.91 Å². The Bertz CT molecular complexity index is 1000. The fourth-order valence-corrected chi connectivity index (χ4v) is 3.42. The van der Waals surface area contributed by atoms with E-state index in [0.29, 0.717) is 30.8 Å². The van der Waals surface area contributed by atoms with Crippen molar-refractivity contribution < 1.29 is 14.8 Å². The number of benzene rings is 1. The lowest BCUT2D eigenvalue weighted by molar-refractivity contribution is -0.133. The van der Waals surface area contributed by atoms with Crippen molar-refractivity contribution in [2.24, 2.45) is 5.92 Å². The van der Waals surface area contributed by atoms with Crippen LogP contribution in [0.15, 0.2) is 48.9 Å². The molecule has 0 unspecified atom stereocenters. The van der Waals surface area contributed by atoms with Crippen molar-refractivity contribution in [3.8, 4) is 0 Å². The van der Waals surface area contributed by atoms with E-state index in [4.69, 9.17) is 5.21 Å². The van der Waals surface area contributed by atoms with Gasteiger partial charge < -0.3 is 15.2 Å². The number of fused-ring (bicyclic) bond motifs is 1. The zero-order valence-corrected chi connectivity index (χ0v) is 15.0. The number of nitrogens with zero attached hydrogens (tertiary/aromatic N) is 3. The zero-order chi connectivity index (χ0) is 19.5. The Kier molecular flexibility index (Phi) is 5.00. The smallest absolute Gasteiger partial charge is 0.251 e. The molecule has 28 heavy (non-hydrogen) atoms. The van der Waals surface area contributed by atoms with Crippen molar-refractivity contribution in [3.05, 3.63) is 60.0 Å². The Balaban J connectivity index is 1.43. The molecule has 1 saturated heterocycles. The molecule has 4 N–H and O–H groups in total. The van der Waals surface area contributed by atoms with Gasteiger partial charge in [0.15, 0.2) is 5.65 Å². The molecular formula is C19H20N6O3. The molecule has 1 aliphatic heterocycles. The second kappa shape index (κ2) is 7.75. The van der Waals surface area contributed by atoms with Crippen LogP contribution in [0.2, 0.25) is 0 Å². The molecular weight excluding hydrogens is 360 g/mol. The summed E-state index contributed by atoms with van der Waals surface area (Å²) in [6, 6.07) is 10.8. The number of imidazole rings is 1. The van der Waals surface area contributed by atoms with Crippen molar-refractivity contribution in [1.82, 2.24) is 30.6 Å². The largest absolute Gasteiger partial charge is 0.347 e. The van der Waals surface area contributed by atoms with Crippen LogP contribution in [0.5, 0.6) is 0 Å². The summed E-state index contributed by atoms with van der Waals surface area (Å²) in [4.78, 5) is 32.7. The Morgan fingerprint density at radius 1 is 1.18 bits per heavy atom. The van der Waals surface area contributed by atoms with Gasteiger partial charge in [0, 0.05) is 31.4 Å². The number of hydrogen-bond donors (Lipinski definition) is 4. The van der Waals surface area contributed by atoms with E-state index in [1.54, 1.807) is 30.1 Å². The summed E-state index contributed by atoms with van der Waals surface area (Å²) in [7, 11) is 0. The molecule has 0 saturated carbocycles. The minimum atomic E-state index is -0.507. The SMILES string of the molecule is O=C(N[C@@H]1CNC[C@@H]1C(=O)NO)c1ccc(Cn2cnc3ncccc32)cc1. The van der Waals surface area contributed by atoms with Gasteiger partial charge in [-0.3, -0.25) is 14.8 Å². The summed E-state index contributed by atoms with van der Waals surface area (Å²) < 4.78 is 2.00. The normalized spacial score (nSPS) is 18.9. The molecule has 3 aromatic rings. The fraction of sp³-hybridized carbons (Fsp3) is 0.263. The minimum Gasteiger partial charge on any atom is -0.347 e. The number of aromatic nitrogens is 3. The lowest BCUT2D eigenvalue weighted by Gasteiger charge is -2.18. The van der Waals surface area contributed by atoms with Crippen LogP contribution in [0.4, 0.5) is 0 Å². The first-order chi connectivity index (χ1) is 13.7. The molecule has 1 aliphatic rings. The topological polar surface area (TPSA) is 121 Å². The second-order valence-corrected chi connectivity index (χ2v) is 6.74. The fourth-order valence-electron chi connectivity index (χ4n) is 3.42. The van der Waals surface area contributed by atoms with Crippen molar-refractivity contribution in [3.63, 3.8) is 0 Å². The number of hydrogen-bond acceptors (Lipinski definition) is 6. The van der Waals surface area contributed by atoms with Gasteiger partial charge in [-0.15, -0.1) is 0 Å². The molecule has 1 aromatic carbocycles. The first-order valence-electron chi connectivity index (χ1n) is 8.96. The molecule has 3 heterocycles. The monoisotopic (exact) mass is 380 g/mol. The van der Waals surface area contributed by atoms with Crippen LogP contribution < -0.4 is 16.1 Å². The maximum Gasteiger partial charge on any atom is 0.251 e. The van der Waals surface area contributed by atoms with Crippen LogP contribution in [0.1, 0.15) is 15.9 Å². The van der Waals surface area contributed by atoms with E-state index >= 15 is 0 Å². The third-order valence-electron chi connectivity index (χ3n) is 4.94. The molecule has 2 aromatic heterocycles. The summed E-state index contributed by atoms with van der Waals surface area (Å²) >= 11 is 0. The highest BCUT2D eigenvalue weighted by Crippen LogP contribution is 2.14. The number of hydroxylamine groups is 1. The molecule has 0 aliphatic carbocycles. The number of rotatable bonds is 5. The number of carbonyl (C=O) groups is 2. The van der Waals surface area contributed by atoms with Crippen LogP contribution >= 0.6 is 0 Å². The van der Waals surface area contributed by atoms with Crippen molar-refractivity contribution in [1.29, 1.82) is 0 Å². The molecule has 0 radical (unpaired) electrons. The lowest BCUT2D eigenvalue weighted by atomic mass is 10.0. The lowest BCUT2D eigenvalue weighted by Crippen LogP contribution is -2.45. The van der Waals surface area contributed by atoms with Gasteiger partial charge in [-0.1, -0.05) is 12.1 Å². The summed E-state index contributed by atoms with van der Waals surface area (Å²) in [6.45, 7) is 1.50. The molecule has 1 fully saturated rings. The Morgan fingerprint density at radius 3 is 2.79 bits per heavy atom. The Hall–Kier alpha value is -3.30. The molecule has 0 bridgehead atoms. The second-order valence-electron chi connectivity index (χ2n) is 6.74. The first-order valence-corrected chi connectivity index (χ1v) is 8.96. The van der Waals surface area contributed by atoms with Gasteiger partial charge in [-0.25, -0.2) is 15.4 Å². The van der Waals surface area contributed by atoms with Crippen molar-refractivity contribution in [2.75, 3.05) is 13.1 Å². The predicted octanol–water partition coefficient (Wildman–Crippen LogP) is 0.303. The number of carbonyl (C=O) groups excluding carboxylic acids is 2. The molecule has 9 heteroatoms. The number of nitrogens with one attached hydrogen (secondary N) is 3. The highest BCUT2D eigenvalue weighted by Gasteiger charge is 2.33. The minimum absolute atomic E-state index is 0.256. The van der Waals surface area contributed by atoms with Gasteiger partial charge in [0.1, 0.15) is 0 Å². The van der Waals surface area contributed by atoms with E-state index in [-0.39, 0.29) is 11.9 Å². The van der Waals surface area contributed by atoms with E-state index in [9.17, 15) is 9.59 Å². The van der Waals surface area contributed by atoms with E-state index in [1.165, 1.54) is 0 Å². The molecule has 2 amide bonds. The van der Waals surface area contributed by atoms with Crippen LogP contribution in [0.25, 0.3) is 11.2 Å². The predicted molar refractivity (Wildman–Crippen MR) is 101 cm³/mol. The maximum absolute atomic E-state index is 12.5. The quantitative estimate of drug-likeness (QED) is 0.373. The van der Waals surface area contributed by atoms with Gasteiger partial charge in [-0.05, 0) is 29.8 Å². The molecule has 9 nitrogen and oxygen atoms in total. The van der Waals surface area contributed by atoms with E-state index < -0.39 is 11.8 Å². The maximum atomic E-state index is 12.5. The zero-order valence-electron chi connectivity index (χ0n) is 15.0. The average Bonchev–Trinajstić information content (AvgIpc) is 3.35. The summed E-state index contributed by atoms with van der Waals surface area (Å²) in [5, 5.41) is 14.7. The van der Waals surface area contributed by atoms with E-state index in [2.05, 4.69) is 20.6 Å². The first kappa shape index (κ1) is 18.1. The van der Waals surface area contributed by atoms with Crippen LogP contribution in [-0.4, -0.2) is 50.7 Å². The molecule has 4 rings (SSSR count).